The maximum atomic E-state index is 9.42. The highest BCUT2D eigenvalue weighted by atomic mass is 35.5. The number of hydrogen-bond acceptors (Lipinski definition) is 2. The Kier molecular flexibility index (Phi) is 4.15. The van der Waals surface area contributed by atoms with Crippen molar-refractivity contribution in [2.75, 3.05) is 17.7 Å². The van der Waals surface area contributed by atoms with Crippen molar-refractivity contribution in [3.8, 4) is 0 Å². The fraction of sp³-hybridized carbons (Fsp3) is 0.429. The van der Waals surface area contributed by atoms with Crippen LogP contribution in [0.4, 0.5) is 5.69 Å². The van der Waals surface area contributed by atoms with E-state index in [1.165, 1.54) is 16.6 Å². The fourth-order valence-corrected chi connectivity index (χ4v) is 2.34. The van der Waals surface area contributed by atoms with Gasteiger partial charge in [0.15, 0.2) is 0 Å². The van der Waals surface area contributed by atoms with Gasteiger partial charge in [0, 0.05) is 35.4 Å². The van der Waals surface area contributed by atoms with Crippen LogP contribution in [0.25, 0.3) is 10.9 Å². The van der Waals surface area contributed by atoms with Crippen molar-refractivity contribution in [2.45, 2.75) is 26.5 Å². The van der Waals surface area contributed by atoms with Crippen LogP contribution in [0.5, 0.6) is 0 Å². The van der Waals surface area contributed by atoms with Crippen LogP contribution in [0.2, 0.25) is 0 Å². The van der Waals surface area contributed by atoms with Gasteiger partial charge in [0.2, 0.25) is 0 Å². The first kappa shape index (κ1) is 13.2. The van der Waals surface area contributed by atoms with Crippen molar-refractivity contribution in [2.24, 2.45) is 0 Å². The number of aliphatic hydroxyl groups is 1. The molecule has 1 aromatic heterocycles. The minimum Gasteiger partial charge on any atom is -0.390 e. The summed E-state index contributed by atoms with van der Waals surface area (Å²) in [5.41, 5.74) is 3.53. The van der Waals surface area contributed by atoms with E-state index in [0.29, 0.717) is 6.54 Å². The molecule has 3 nitrogen and oxygen atoms in total. The fourth-order valence-electron chi connectivity index (χ4n) is 2.23. The van der Waals surface area contributed by atoms with Gasteiger partial charge < -0.3 is 15.0 Å². The number of halogens is 1. The molecule has 2 rings (SSSR count). The number of rotatable bonds is 5. The van der Waals surface area contributed by atoms with Crippen molar-refractivity contribution in [3.63, 3.8) is 0 Å². The lowest BCUT2D eigenvalue weighted by molar-refractivity contribution is 0.211. The lowest BCUT2D eigenvalue weighted by Gasteiger charge is -2.10. The van der Waals surface area contributed by atoms with Crippen molar-refractivity contribution < 1.29 is 5.11 Å². The summed E-state index contributed by atoms with van der Waals surface area (Å²) in [6.45, 7) is 5.72. The van der Waals surface area contributed by atoms with Crippen LogP contribution in [0.15, 0.2) is 24.3 Å². The van der Waals surface area contributed by atoms with Crippen LogP contribution < -0.4 is 5.32 Å². The summed E-state index contributed by atoms with van der Waals surface area (Å²) in [5, 5.41) is 13.8. The molecule has 0 spiro atoms. The highest BCUT2D eigenvalue weighted by molar-refractivity contribution is 6.18. The summed E-state index contributed by atoms with van der Waals surface area (Å²) in [6, 6.07) is 8.44. The molecule has 0 bridgehead atoms. The maximum absolute atomic E-state index is 9.42. The number of alkyl halides is 1. The molecule has 0 saturated heterocycles. The third-order valence-corrected chi connectivity index (χ3v) is 3.50. The number of benzene rings is 1. The molecule has 0 amide bonds. The van der Waals surface area contributed by atoms with E-state index >= 15 is 0 Å². The number of nitrogens with zero attached hydrogens (tertiary/aromatic N) is 1. The lowest BCUT2D eigenvalue weighted by atomic mass is 10.2. The van der Waals surface area contributed by atoms with E-state index in [2.05, 4.69) is 41.9 Å². The maximum Gasteiger partial charge on any atom is 0.0847 e. The second-order valence-electron chi connectivity index (χ2n) is 4.49. The average molecular weight is 267 g/mol. The number of hydrogen-bond donors (Lipinski definition) is 2. The molecule has 0 radical (unpaired) electrons. The van der Waals surface area contributed by atoms with Crippen LogP contribution in [0.1, 0.15) is 12.6 Å². The SMILES string of the molecule is CCn1c(C)cc2cc(NCC(O)CCl)ccc21. The largest absolute Gasteiger partial charge is 0.390 e. The Morgan fingerprint density at radius 3 is 2.83 bits per heavy atom. The smallest absolute Gasteiger partial charge is 0.0847 e. The number of aliphatic hydroxyl groups excluding tert-OH is 1. The van der Waals surface area contributed by atoms with Gasteiger partial charge >= 0.3 is 0 Å². The Morgan fingerprint density at radius 2 is 2.17 bits per heavy atom. The number of fused-ring (bicyclic) bond motifs is 1. The van der Waals surface area contributed by atoms with E-state index < -0.39 is 6.10 Å². The molecule has 0 aliphatic heterocycles. The molecule has 98 valence electrons. The van der Waals surface area contributed by atoms with Crippen LogP contribution in [-0.4, -0.2) is 28.2 Å². The third-order valence-electron chi connectivity index (χ3n) is 3.14. The first-order valence-electron chi connectivity index (χ1n) is 6.23. The van der Waals surface area contributed by atoms with E-state index in [-0.39, 0.29) is 5.88 Å². The monoisotopic (exact) mass is 266 g/mol. The highest BCUT2D eigenvalue weighted by Gasteiger charge is 2.06. The Labute approximate surface area is 112 Å². The van der Waals surface area contributed by atoms with Gasteiger partial charge in [0.1, 0.15) is 0 Å². The minimum absolute atomic E-state index is 0.251. The van der Waals surface area contributed by atoms with Gasteiger partial charge in [0.05, 0.1) is 12.0 Å². The van der Waals surface area contributed by atoms with Crippen LogP contribution in [-0.2, 0) is 6.54 Å². The Morgan fingerprint density at radius 1 is 1.39 bits per heavy atom. The molecule has 18 heavy (non-hydrogen) atoms. The molecule has 2 aromatic rings. The molecule has 0 aliphatic rings. The second-order valence-corrected chi connectivity index (χ2v) is 4.80. The van der Waals surface area contributed by atoms with Crippen molar-refractivity contribution in [1.29, 1.82) is 0 Å². The summed E-state index contributed by atoms with van der Waals surface area (Å²) in [5.74, 6) is 0.251. The van der Waals surface area contributed by atoms with Crippen molar-refractivity contribution in [3.05, 3.63) is 30.0 Å². The lowest BCUT2D eigenvalue weighted by Crippen LogP contribution is -2.20. The predicted octanol–water partition coefficient (Wildman–Crippen LogP) is 2.98. The van der Waals surface area contributed by atoms with E-state index in [1.807, 2.05) is 6.07 Å². The van der Waals surface area contributed by atoms with E-state index in [9.17, 15) is 5.11 Å². The van der Waals surface area contributed by atoms with Gasteiger partial charge in [-0.2, -0.15) is 0 Å². The number of aryl methyl sites for hydroxylation is 2. The summed E-state index contributed by atoms with van der Waals surface area (Å²) in [4.78, 5) is 0. The van der Waals surface area contributed by atoms with Crippen molar-refractivity contribution in [1.82, 2.24) is 4.57 Å². The van der Waals surface area contributed by atoms with Crippen molar-refractivity contribution >= 4 is 28.2 Å². The number of nitrogens with one attached hydrogen (secondary N) is 1. The van der Waals surface area contributed by atoms with Crippen LogP contribution in [0, 0.1) is 6.92 Å². The summed E-state index contributed by atoms with van der Waals surface area (Å²) in [6.07, 6.45) is -0.510. The van der Waals surface area contributed by atoms with Gasteiger partial charge in [-0.25, -0.2) is 0 Å². The average Bonchev–Trinajstić information content (AvgIpc) is 2.70. The first-order chi connectivity index (χ1) is 8.65. The molecule has 0 aliphatic carbocycles. The number of aromatic nitrogens is 1. The molecule has 4 heteroatoms. The standard InChI is InChI=1S/C14H19ClN2O/c1-3-17-10(2)6-11-7-12(4-5-14(11)17)16-9-13(18)8-15/h4-7,13,16,18H,3,8-9H2,1-2H3. The van der Waals surface area contributed by atoms with Crippen LogP contribution in [0.3, 0.4) is 0 Å². The zero-order chi connectivity index (χ0) is 13.1. The van der Waals surface area contributed by atoms with E-state index in [1.54, 1.807) is 0 Å². The molecule has 2 N–H and O–H groups in total. The van der Waals surface area contributed by atoms with Gasteiger partial charge in [-0.15, -0.1) is 11.6 Å². The molecule has 0 fully saturated rings. The summed E-state index contributed by atoms with van der Waals surface area (Å²) >= 11 is 5.56. The zero-order valence-corrected chi connectivity index (χ0v) is 11.5. The van der Waals surface area contributed by atoms with Gasteiger partial charge in [-0.3, -0.25) is 0 Å². The molecule has 1 aromatic carbocycles. The molecule has 1 heterocycles. The first-order valence-corrected chi connectivity index (χ1v) is 6.77. The predicted molar refractivity (Wildman–Crippen MR) is 77.6 cm³/mol. The summed E-state index contributed by atoms with van der Waals surface area (Å²) < 4.78 is 2.28. The third kappa shape index (κ3) is 2.62. The Balaban J connectivity index is 2.23. The van der Waals surface area contributed by atoms with Crippen LogP contribution >= 0.6 is 11.6 Å². The highest BCUT2D eigenvalue weighted by Crippen LogP contribution is 2.23. The van der Waals surface area contributed by atoms with Gasteiger partial charge in [0.25, 0.3) is 0 Å². The van der Waals surface area contributed by atoms with E-state index in [0.717, 1.165) is 12.2 Å². The quantitative estimate of drug-likeness (QED) is 0.817. The minimum atomic E-state index is -0.510. The second kappa shape index (κ2) is 5.63. The molecular weight excluding hydrogens is 248 g/mol. The Bertz CT molecular complexity index is 536. The normalized spacial score (nSPS) is 12.9. The molecular formula is C14H19ClN2O. The van der Waals surface area contributed by atoms with Gasteiger partial charge in [-0.05, 0) is 38.1 Å². The Hall–Kier alpha value is -1.19. The molecule has 1 atom stereocenters. The van der Waals surface area contributed by atoms with E-state index in [4.69, 9.17) is 11.6 Å². The summed E-state index contributed by atoms with van der Waals surface area (Å²) in [7, 11) is 0. The number of anilines is 1. The van der Waals surface area contributed by atoms with Gasteiger partial charge in [-0.1, -0.05) is 0 Å². The zero-order valence-electron chi connectivity index (χ0n) is 10.8. The molecule has 1 unspecified atom stereocenters. The molecule has 0 saturated carbocycles. The topological polar surface area (TPSA) is 37.2 Å².